The maximum absolute atomic E-state index is 12.1. The Bertz CT molecular complexity index is 640. The molecule has 0 aliphatic carbocycles. The zero-order valence-electron chi connectivity index (χ0n) is 16.5. The molecule has 1 aromatic heterocycles. The van der Waals surface area contributed by atoms with Crippen molar-refractivity contribution in [2.24, 2.45) is 4.99 Å². The van der Waals surface area contributed by atoms with E-state index in [-0.39, 0.29) is 0 Å². The van der Waals surface area contributed by atoms with Crippen molar-refractivity contribution in [1.82, 2.24) is 30.3 Å². The van der Waals surface area contributed by atoms with Gasteiger partial charge in [-0.1, -0.05) is 6.42 Å². The molecule has 2 aliphatic rings. The molecule has 2 aliphatic heterocycles. The average Bonchev–Trinajstić information content (AvgIpc) is 2.99. The van der Waals surface area contributed by atoms with Crippen LogP contribution in [0.25, 0.3) is 0 Å². The van der Waals surface area contributed by atoms with Gasteiger partial charge in [-0.15, -0.1) is 10.2 Å². The Labute approximate surface area is 161 Å². The molecule has 1 aromatic rings. The minimum atomic E-state index is 0.310. The fraction of sp³-hybridized carbons (Fsp3) is 0.789. The first kappa shape index (κ1) is 19.6. The minimum absolute atomic E-state index is 0.310. The van der Waals surface area contributed by atoms with E-state index < -0.39 is 0 Å². The van der Waals surface area contributed by atoms with Gasteiger partial charge in [-0.05, 0) is 39.0 Å². The van der Waals surface area contributed by atoms with Crippen LogP contribution in [0.3, 0.4) is 0 Å². The normalized spacial score (nSPS) is 18.2. The highest BCUT2D eigenvalue weighted by molar-refractivity contribution is 5.79. The number of aryl methyl sites for hydroxylation is 1. The fourth-order valence-corrected chi connectivity index (χ4v) is 3.73. The van der Waals surface area contributed by atoms with Gasteiger partial charge in [-0.3, -0.25) is 4.79 Å². The molecule has 0 saturated carbocycles. The first-order valence-electron chi connectivity index (χ1n) is 10.5. The maximum atomic E-state index is 12.1. The maximum Gasteiger partial charge on any atom is 0.222 e. The second-order valence-corrected chi connectivity index (χ2v) is 7.31. The molecular formula is C19H33N7O. The number of carbonyl (C=O) groups is 1. The van der Waals surface area contributed by atoms with E-state index in [4.69, 9.17) is 0 Å². The molecule has 0 unspecified atom stereocenters. The lowest BCUT2D eigenvalue weighted by molar-refractivity contribution is -0.130. The van der Waals surface area contributed by atoms with Crippen molar-refractivity contribution in [1.29, 1.82) is 0 Å². The zero-order valence-corrected chi connectivity index (χ0v) is 16.5. The third kappa shape index (κ3) is 5.68. The summed E-state index contributed by atoms with van der Waals surface area (Å²) in [7, 11) is 0. The van der Waals surface area contributed by atoms with Crippen molar-refractivity contribution in [3.05, 3.63) is 11.6 Å². The number of likely N-dealkylation sites (tertiary alicyclic amines) is 1. The number of nitrogens with zero attached hydrogens (tertiary/aromatic N) is 5. The first-order valence-corrected chi connectivity index (χ1v) is 10.5. The molecule has 0 bridgehead atoms. The summed E-state index contributed by atoms with van der Waals surface area (Å²) in [6.07, 6.45) is 8.38. The van der Waals surface area contributed by atoms with E-state index in [9.17, 15) is 4.79 Å². The predicted octanol–water partition coefficient (Wildman–Crippen LogP) is 1.46. The van der Waals surface area contributed by atoms with Crippen LogP contribution in [0.1, 0.15) is 63.5 Å². The van der Waals surface area contributed by atoms with Crippen molar-refractivity contribution in [3.63, 3.8) is 0 Å². The average molecular weight is 376 g/mol. The molecule has 1 fully saturated rings. The number of hydrogen-bond donors (Lipinski definition) is 2. The van der Waals surface area contributed by atoms with Crippen molar-refractivity contribution in [2.45, 2.75) is 71.4 Å². The number of amides is 1. The van der Waals surface area contributed by atoms with Crippen molar-refractivity contribution < 1.29 is 4.79 Å². The molecule has 0 radical (unpaired) electrons. The molecule has 0 spiro atoms. The van der Waals surface area contributed by atoms with E-state index in [1.807, 2.05) is 4.90 Å². The molecule has 8 nitrogen and oxygen atoms in total. The monoisotopic (exact) mass is 375 g/mol. The molecule has 0 atom stereocenters. The Kier molecular flexibility index (Phi) is 7.47. The Morgan fingerprint density at radius 3 is 2.81 bits per heavy atom. The summed E-state index contributed by atoms with van der Waals surface area (Å²) >= 11 is 0. The van der Waals surface area contributed by atoms with E-state index in [1.165, 1.54) is 19.3 Å². The predicted molar refractivity (Wildman–Crippen MR) is 105 cm³/mol. The molecule has 3 heterocycles. The van der Waals surface area contributed by atoms with Crippen LogP contribution in [0, 0.1) is 0 Å². The molecule has 27 heavy (non-hydrogen) atoms. The number of aliphatic imine (C=N–C) groups is 1. The van der Waals surface area contributed by atoms with Gasteiger partial charge >= 0.3 is 0 Å². The van der Waals surface area contributed by atoms with Gasteiger partial charge in [0, 0.05) is 45.6 Å². The zero-order chi connectivity index (χ0) is 18.9. The number of nitrogens with one attached hydrogen (secondary N) is 2. The lowest BCUT2D eigenvalue weighted by Crippen LogP contribution is -2.39. The third-order valence-electron chi connectivity index (χ3n) is 5.23. The smallest absolute Gasteiger partial charge is 0.222 e. The number of carbonyl (C=O) groups excluding carboxylic acids is 1. The van der Waals surface area contributed by atoms with Crippen LogP contribution in [0.2, 0.25) is 0 Å². The minimum Gasteiger partial charge on any atom is -0.357 e. The standard InChI is InChI=1S/C19H33N7O/c1-2-20-19(21-11-8-13-25-12-6-3-4-10-18(25)27)22-15-17-24-23-16-9-5-7-14-26(16)17/h2-15H2,1H3,(H2,20,21,22). The third-order valence-corrected chi connectivity index (χ3v) is 5.23. The van der Waals surface area contributed by atoms with Crippen LogP contribution in [-0.4, -0.2) is 57.7 Å². The summed E-state index contributed by atoms with van der Waals surface area (Å²) < 4.78 is 2.21. The van der Waals surface area contributed by atoms with Crippen molar-refractivity contribution in [3.8, 4) is 0 Å². The number of guanidine groups is 1. The van der Waals surface area contributed by atoms with Gasteiger partial charge in [0.05, 0.1) is 0 Å². The number of rotatable bonds is 7. The van der Waals surface area contributed by atoms with Gasteiger partial charge in [0.2, 0.25) is 5.91 Å². The largest absolute Gasteiger partial charge is 0.357 e. The Balaban J connectivity index is 1.46. The summed E-state index contributed by atoms with van der Waals surface area (Å²) in [5.41, 5.74) is 0. The Morgan fingerprint density at radius 2 is 1.93 bits per heavy atom. The van der Waals surface area contributed by atoms with E-state index in [1.54, 1.807) is 0 Å². The second-order valence-electron chi connectivity index (χ2n) is 7.31. The van der Waals surface area contributed by atoms with Crippen LogP contribution < -0.4 is 10.6 Å². The molecule has 8 heteroatoms. The summed E-state index contributed by atoms with van der Waals surface area (Å²) in [6.45, 7) is 6.94. The van der Waals surface area contributed by atoms with Gasteiger partial charge < -0.3 is 20.1 Å². The molecule has 150 valence electrons. The van der Waals surface area contributed by atoms with Gasteiger partial charge in [-0.25, -0.2) is 4.99 Å². The highest BCUT2D eigenvalue weighted by atomic mass is 16.2. The highest BCUT2D eigenvalue weighted by Crippen LogP contribution is 2.14. The summed E-state index contributed by atoms with van der Waals surface area (Å²) in [6, 6.07) is 0. The number of aromatic nitrogens is 3. The van der Waals surface area contributed by atoms with Gasteiger partial charge in [0.15, 0.2) is 11.8 Å². The molecular weight excluding hydrogens is 342 g/mol. The van der Waals surface area contributed by atoms with Crippen molar-refractivity contribution >= 4 is 11.9 Å². The molecule has 1 saturated heterocycles. The SMILES string of the molecule is CCNC(=NCc1nnc2n1CCCC2)NCCCN1CCCCCC1=O. The lowest BCUT2D eigenvalue weighted by Gasteiger charge is -2.20. The highest BCUT2D eigenvalue weighted by Gasteiger charge is 2.16. The van der Waals surface area contributed by atoms with E-state index in [0.717, 1.165) is 76.0 Å². The summed E-state index contributed by atoms with van der Waals surface area (Å²) in [5, 5.41) is 15.3. The van der Waals surface area contributed by atoms with Crippen LogP contribution in [0.4, 0.5) is 0 Å². The fourth-order valence-electron chi connectivity index (χ4n) is 3.73. The Morgan fingerprint density at radius 1 is 1.07 bits per heavy atom. The molecule has 1 amide bonds. The number of hydrogen-bond acceptors (Lipinski definition) is 4. The van der Waals surface area contributed by atoms with Gasteiger partial charge in [0.1, 0.15) is 12.4 Å². The van der Waals surface area contributed by atoms with Crippen LogP contribution in [0.5, 0.6) is 0 Å². The van der Waals surface area contributed by atoms with E-state index in [2.05, 4.69) is 37.3 Å². The second kappa shape index (κ2) is 10.3. The first-order chi connectivity index (χ1) is 13.3. The lowest BCUT2D eigenvalue weighted by atomic mass is 10.2. The van der Waals surface area contributed by atoms with Gasteiger partial charge in [0.25, 0.3) is 0 Å². The van der Waals surface area contributed by atoms with E-state index >= 15 is 0 Å². The topological polar surface area (TPSA) is 87.4 Å². The molecule has 0 aromatic carbocycles. The Hall–Kier alpha value is -2.12. The van der Waals surface area contributed by atoms with E-state index in [0.29, 0.717) is 18.9 Å². The van der Waals surface area contributed by atoms with Crippen LogP contribution >= 0.6 is 0 Å². The molecule has 2 N–H and O–H groups in total. The van der Waals surface area contributed by atoms with Crippen LogP contribution in [0.15, 0.2) is 4.99 Å². The summed E-state index contributed by atoms with van der Waals surface area (Å²) in [5.74, 6) is 3.14. The van der Waals surface area contributed by atoms with Gasteiger partial charge in [-0.2, -0.15) is 0 Å². The van der Waals surface area contributed by atoms with Crippen molar-refractivity contribution in [2.75, 3.05) is 26.2 Å². The van der Waals surface area contributed by atoms with Crippen LogP contribution in [-0.2, 0) is 24.3 Å². The number of fused-ring (bicyclic) bond motifs is 1. The molecule has 3 rings (SSSR count). The quantitative estimate of drug-likeness (QED) is 0.428. The summed E-state index contributed by atoms with van der Waals surface area (Å²) in [4.78, 5) is 18.7.